The summed E-state index contributed by atoms with van der Waals surface area (Å²) >= 11 is 0. The minimum absolute atomic E-state index is 0.200. The van der Waals surface area contributed by atoms with E-state index in [0.717, 1.165) is 4.57 Å². The van der Waals surface area contributed by atoms with Crippen molar-refractivity contribution >= 4 is 23.1 Å². The molecule has 0 unspecified atom stereocenters. The van der Waals surface area contributed by atoms with Gasteiger partial charge in [-0.15, -0.1) is 0 Å². The summed E-state index contributed by atoms with van der Waals surface area (Å²) in [7, 11) is -0.0328. The fourth-order valence-corrected chi connectivity index (χ4v) is 6.68. The summed E-state index contributed by atoms with van der Waals surface area (Å²) in [6.45, 7) is 3.81. The van der Waals surface area contributed by atoms with Crippen molar-refractivity contribution < 1.29 is 4.57 Å². The van der Waals surface area contributed by atoms with Gasteiger partial charge in [0.15, 0.2) is 7.14 Å². The van der Waals surface area contributed by atoms with Gasteiger partial charge in [0.1, 0.15) is 5.30 Å². The molecule has 0 N–H and O–H groups in total. The van der Waals surface area contributed by atoms with Crippen molar-refractivity contribution in [1.29, 1.82) is 0 Å². The highest BCUT2D eigenvalue weighted by atomic mass is 31.2. The molecule has 0 amide bonds. The van der Waals surface area contributed by atoms with E-state index in [4.69, 9.17) is 0 Å². The Morgan fingerprint density at radius 3 is 1.72 bits per heavy atom. The van der Waals surface area contributed by atoms with Gasteiger partial charge in [-0.3, -0.25) is 9.36 Å². The van der Waals surface area contributed by atoms with Crippen molar-refractivity contribution in [3.63, 3.8) is 0 Å². The molecular formula is C22H26N3O3P. The van der Waals surface area contributed by atoms with E-state index in [1.54, 1.807) is 50.3 Å². The van der Waals surface area contributed by atoms with E-state index in [9.17, 15) is 14.2 Å². The Balaban J connectivity index is 2.58. The average Bonchev–Trinajstić information content (AvgIpc) is 2.74. The summed E-state index contributed by atoms with van der Waals surface area (Å²) in [4.78, 5) is 26.5. The summed E-state index contributed by atoms with van der Waals surface area (Å²) in [6, 6.07) is 18.1. The summed E-state index contributed by atoms with van der Waals surface area (Å²) in [5.41, 5.74) is -0.426. The maximum Gasteiger partial charge on any atom is 0.349 e. The second-order valence-electron chi connectivity index (χ2n) is 6.92. The van der Waals surface area contributed by atoms with Crippen molar-refractivity contribution in [2.45, 2.75) is 26.8 Å². The zero-order valence-corrected chi connectivity index (χ0v) is 18.1. The number of hydrogen-bond acceptors (Lipinski definition) is 4. The third-order valence-corrected chi connectivity index (χ3v) is 8.12. The molecule has 29 heavy (non-hydrogen) atoms. The maximum absolute atomic E-state index is 14.8. The lowest BCUT2D eigenvalue weighted by atomic mass is 10.3. The molecule has 0 bridgehead atoms. The number of nitrogens with zero attached hydrogens (tertiary/aromatic N) is 3. The van der Waals surface area contributed by atoms with Gasteiger partial charge in [-0.1, -0.05) is 67.6 Å². The SMILES string of the molecule is CCc1c(P(=O)(c2ccccc2)c2ccccc2)c(=O)n(CC)c(=O)n1N(C)C. The number of benzene rings is 2. The molecule has 0 saturated carbocycles. The molecule has 1 aromatic heterocycles. The van der Waals surface area contributed by atoms with Crippen LogP contribution in [0.1, 0.15) is 19.5 Å². The first kappa shape index (κ1) is 20.9. The molecule has 152 valence electrons. The molecule has 3 rings (SSSR count). The highest BCUT2D eigenvalue weighted by Gasteiger charge is 2.37. The lowest BCUT2D eigenvalue weighted by molar-refractivity contribution is 0.560. The first-order valence-electron chi connectivity index (χ1n) is 9.66. The number of rotatable bonds is 6. The van der Waals surface area contributed by atoms with Crippen molar-refractivity contribution in [1.82, 2.24) is 9.24 Å². The molecule has 0 aliphatic rings. The van der Waals surface area contributed by atoms with Crippen LogP contribution in [0.25, 0.3) is 0 Å². The summed E-state index contributed by atoms with van der Waals surface area (Å²) in [5.74, 6) is 0. The van der Waals surface area contributed by atoms with Crippen LogP contribution < -0.4 is 32.2 Å². The van der Waals surface area contributed by atoms with Gasteiger partial charge in [0.2, 0.25) is 0 Å². The lowest BCUT2D eigenvalue weighted by Crippen LogP contribution is -2.55. The zero-order chi connectivity index (χ0) is 21.2. The second-order valence-corrected chi connectivity index (χ2v) is 9.62. The van der Waals surface area contributed by atoms with Crippen LogP contribution in [-0.4, -0.2) is 23.3 Å². The third kappa shape index (κ3) is 3.38. The summed E-state index contributed by atoms with van der Waals surface area (Å²) in [5, 5.41) is 2.98. The van der Waals surface area contributed by atoms with Crippen LogP contribution in [0.4, 0.5) is 0 Å². The minimum atomic E-state index is -3.51. The van der Waals surface area contributed by atoms with Gasteiger partial charge in [-0.2, -0.15) is 0 Å². The molecule has 0 spiro atoms. The Morgan fingerprint density at radius 1 is 0.862 bits per heavy atom. The normalized spacial score (nSPS) is 11.4. The van der Waals surface area contributed by atoms with E-state index in [-0.39, 0.29) is 11.8 Å². The van der Waals surface area contributed by atoms with E-state index in [1.807, 2.05) is 43.3 Å². The molecule has 2 aromatic carbocycles. The fraction of sp³-hybridized carbons (Fsp3) is 0.273. The average molecular weight is 411 g/mol. The van der Waals surface area contributed by atoms with Crippen LogP contribution in [0.3, 0.4) is 0 Å². The molecule has 7 heteroatoms. The quantitative estimate of drug-likeness (QED) is 0.576. The predicted octanol–water partition coefficient (Wildman–Crippen LogP) is 1.43. The summed E-state index contributed by atoms with van der Waals surface area (Å²) < 4.78 is 17.4. The van der Waals surface area contributed by atoms with Crippen molar-refractivity contribution in [2.75, 3.05) is 19.1 Å². The Labute approximate surface area is 170 Å². The van der Waals surface area contributed by atoms with Gasteiger partial charge in [0.05, 0.1) is 5.69 Å². The Bertz CT molecular complexity index is 1120. The molecule has 0 saturated heterocycles. The van der Waals surface area contributed by atoms with E-state index in [2.05, 4.69) is 0 Å². The maximum atomic E-state index is 14.8. The van der Waals surface area contributed by atoms with Crippen LogP contribution in [0.5, 0.6) is 0 Å². The Morgan fingerprint density at radius 2 is 1.34 bits per heavy atom. The van der Waals surface area contributed by atoms with Gasteiger partial charge in [-0.25, -0.2) is 9.47 Å². The highest BCUT2D eigenvalue weighted by Crippen LogP contribution is 2.42. The standard InChI is InChI=1S/C22H26N3O3P/c1-5-19-20(21(26)24(6-2)22(27)25(19)23(3)4)29(28,17-13-9-7-10-14-17)18-15-11-8-12-16-18/h7-16H,5-6H2,1-4H3. The molecule has 0 aliphatic heterocycles. The van der Waals surface area contributed by atoms with E-state index in [1.165, 1.54) is 4.68 Å². The number of aromatic nitrogens is 2. The largest absolute Gasteiger partial charge is 0.349 e. The van der Waals surface area contributed by atoms with Crippen molar-refractivity contribution in [2.24, 2.45) is 0 Å². The molecule has 6 nitrogen and oxygen atoms in total. The highest BCUT2D eigenvalue weighted by molar-refractivity contribution is 7.85. The Hall–Kier alpha value is -2.85. The molecule has 0 aliphatic carbocycles. The van der Waals surface area contributed by atoms with Gasteiger partial charge < -0.3 is 9.57 Å². The lowest BCUT2D eigenvalue weighted by Gasteiger charge is -2.27. The molecular weight excluding hydrogens is 385 g/mol. The zero-order valence-electron chi connectivity index (χ0n) is 17.2. The van der Waals surface area contributed by atoms with Gasteiger partial charge >= 0.3 is 5.69 Å². The monoisotopic (exact) mass is 411 g/mol. The second kappa shape index (κ2) is 8.26. The third-order valence-electron chi connectivity index (χ3n) is 4.99. The first-order valence-corrected chi connectivity index (χ1v) is 11.4. The van der Waals surface area contributed by atoms with Crippen LogP contribution in [0.15, 0.2) is 70.3 Å². The van der Waals surface area contributed by atoms with Gasteiger partial charge in [0.25, 0.3) is 5.56 Å². The topological polar surface area (TPSA) is 64.3 Å². The van der Waals surface area contributed by atoms with E-state index >= 15 is 0 Å². The van der Waals surface area contributed by atoms with Gasteiger partial charge in [0, 0.05) is 31.2 Å². The summed E-state index contributed by atoms with van der Waals surface area (Å²) in [6.07, 6.45) is 0.395. The molecule has 0 atom stereocenters. The molecule has 0 radical (unpaired) electrons. The first-order chi connectivity index (χ1) is 13.9. The van der Waals surface area contributed by atoms with Crippen LogP contribution in [-0.2, 0) is 17.5 Å². The van der Waals surface area contributed by atoms with E-state index in [0.29, 0.717) is 22.7 Å². The smallest absolute Gasteiger partial charge is 0.315 e. The predicted molar refractivity (Wildman–Crippen MR) is 119 cm³/mol. The van der Waals surface area contributed by atoms with Crippen LogP contribution >= 0.6 is 7.14 Å². The molecule has 0 fully saturated rings. The van der Waals surface area contributed by atoms with Gasteiger partial charge in [-0.05, 0) is 13.3 Å². The minimum Gasteiger partial charge on any atom is -0.315 e. The number of hydrogen-bond donors (Lipinski definition) is 0. The Kier molecular flexibility index (Phi) is 5.94. The fourth-order valence-electron chi connectivity index (χ4n) is 3.68. The van der Waals surface area contributed by atoms with Crippen LogP contribution in [0, 0.1) is 0 Å². The van der Waals surface area contributed by atoms with E-state index < -0.39 is 18.4 Å². The molecule has 1 heterocycles. The molecule has 3 aromatic rings. The van der Waals surface area contributed by atoms with Crippen molar-refractivity contribution in [3.8, 4) is 0 Å². The van der Waals surface area contributed by atoms with Crippen LogP contribution in [0.2, 0.25) is 0 Å². The van der Waals surface area contributed by atoms with Crippen molar-refractivity contribution in [3.05, 3.63) is 87.2 Å².